The molecule has 0 aliphatic rings. The van der Waals surface area contributed by atoms with Gasteiger partial charge in [0.25, 0.3) is 0 Å². The van der Waals surface area contributed by atoms with Gasteiger partial charge in [0.1, 0.15) is 18.2 Å². The number of aromatic nitrogens is 2. The van der Waals surface area contributed by atoms with Gasteiger partial charge in [-0.25, -0.2) is 4.98 Å². The maximum absolute atomic E-state index is 10.6. The molecular weight excluding hydrogens is 232 g/mol. The molecule has 2 aromatic rings. The van der Waals surface area contributed by atoms with Crippen LogP contribution in [0, 0.1) is 0 Å². The Morgan fingerprint density at radius 2 is 2.33 bits per heavy atom. The van der Waals surface area contributed by atoms with Crippen molar-refractivity contribution in [2.45, 2.75) is 13.0 Å². The summed E-state index contributed by atoms with van der Waals surface area (Å²) >= 11 is 0. The van der Waals surface area contributed by atoms with E-state index in [1.54, 1.807) is 30.5 Å². The lowest BCUT2D eigenvalue weighted by Gasteiger charge is -2.07. The van der Waals surface area contributed by atoms with E-state index < -0.39 is 5.97 Å². The first-order valence-electron chi connectivity index (χ1n) is 5.55. The molecule has 1 aromatic carbocycles. The summed E-state index contributed by atoms with van der Waals surface area (Å²) in [6.45, 7) is 0.361. The van der Waals surface area contributed by atoms with E-state index in [9.17, 15) is 4.79 Å². The zero-order valence-corrected chi connectivity index (χ0v) is 10.0. The lowest BCUT2D eigenvalue weighted by Crippen LogP contribution is -2.04. The van der Waals surface area contributed by atoms with E-state index in [0.29, 0.717) is 12.4 Å². The molecule has 1 heterocycles. The predicted octanol–water partition coefficient (Wildman–Crippen LogP) is 1.63. The summed E-state index contributed by atoms with van der Waals surface area (Å²) < 4.78 is 7.45. The van der Waals surface area contributed by atoms with Crippen LogP contribution < -0.4 is 4.74 Å². The summed E-state index contributed by atoms with van der Waals surface area (Å²) in [5.41, 5.74) is 0.722. The van der Waals surface area contributed by atoms with Gasteiger partial charge >= 0.3 is 5.97 Å². The third kappa shape index (κ3) is 3.10. The van der Waals surface area contributed by atoms with Gasteiger partial charge in [-0.3, -0.25) is 4.79 Å². The lowest BCUT2D eigenvalue weighted by molar-refractivity contribution is -0.136. The largest absolute Gasteiger partial charge is 0.486 e. The van der Waals surface area contributed by atoms with Crippen molar-refractivity contribution in [1.82, 2.24) is 9.55 Å². The van der Waals surface area contributed by atoms with Gasteiger partial charge in [0.15, 0.2) is 0 Å². The van der Waals surface area contributed by atoms with E-state index in [4.69, 9.17) is 9.84 Å². The van der Waals surface area contributed by atoms with Gasteiger partial charge in [-0.05, 0) is 17.7 Å². The number of nitrogens with zero attached hydrogens (tertiary/aromatic N) is 2. The van der Waals surface area contributed by atoms with Crippen LogP contribution >= 0.6 is 0 Å². The standard InChI is InChI=1S/C13H14N2O3/c1-15-6-5-14-12(15)9-18-11-4-2-3-10(7-11)8-13(16)17/h2-7H,8-9H2,1H3,(H,16,17). The van der Waals surface area contributed by atoms with Gasteiger partial charge in [0.2, 0.25) is 0 Å². The minimum absolute atomic E-state index is 0.000392. The first kappa shape index (κ1) is 12.2. The van der Waals surface area contributed by atoms with Crippen molar-refractivity contribution in [2.75, 3.05) is 0 Å². The Hall–Kier alpha value is -2.30. The van der Waals surface area contributed by atoms with E-state index in [0.717, 1.165) is 11.4 Å². The summed E-state index contributed by atoms with van der Waals surface area (Å²) in [5.74, 6) is 0.617. The summed E-state index contributed by atoms with van der Waals surface area (Å²) in [6, 6.07) is 7.08. The summed E-state index contributed by atoms with van der Waals surface area (Å²) in [5, 5.41) is 8.72. The molecule has 0 saturated heterocycles. The highest BCUT2D eigenvalue weighted by Crippen LogP contribution is 2.15. The van der Waals surface area contributed by atoms with Gasteiger partial charge in [-0.15, -0.1) is 0 Å². The fourth-order valence-corrected chi connectivity index (χ4v) is 1.60. The van der Waals surface area contributed by atoms with Crippen LogP contribution in [0.5, 0.6) is 5.75 Å². The van der Waals surface area contributed by atoms with E-state index in [1.807, 2.05) is 17.8 Å². The zero-order valence-electron chi connectivity index (χ0n) is 10.0. The number of hydrogen-bond donors (Lipinski definition) is 1. The summed E-state index contributed by atoms with van der Waals surface area (Å²) in [7, 11) is 1.90. The number of ether oxygens (including phenoxy) is 1. The van der Waals surface area contributed by atoms with E-state index in [-0.39, 0.29) is 6.42 Å². The van der Waals surface area contributed by atoms with E-state index >= 15 is 0 Å². The first-order chi connectivity index (χ1) is 8.65. The molecule has 0 radical (unpaired) electrons. The molecule has 0 fully saturated rings. The molecular formula is C13H14N2O3. The molecule has 0 atom stereocenters. The smallest absolute Gasteiger partial charge is 0.307 e. The van der Waals surface area contributed by atoms with Crippen molar-refractivity contribution in [3.05, 3.63) is 48.0 Å². The van der Waals surface area contributed by atoms with Crippen LogP contribution in [0.2, 0.25) is 0 Å². The Bertz CT molecular complexity index is 549. The Labute approximate surface area is 105 Å². The van der Waals surface area contributed by atoms with Gasteiger partial charge in [0.05, 0.1) is 6.42 Å². The Morgan fingerprint density at radius 1 is 1.50 bits per heavy atom. The number of carboxylic acid groups (broad SMARTS) is 1. The average Bonchev–Trinajstić information content (AvgIpc) is 2.72. The van der Waals surface area contributed by atoms with Gasteiger partial charge < -0.3 is 14.4 Å². The lowest BCUT2D eigenvalue weighted by atomic mass is 10.1. The molecule has 94 valence electrons. The van der Waals surface area contributed by atoms with Crippen molar-refractivity contribution in [3.63, 3.8) is 0 Å². The quantitative estimate of drug-likeness (QED) is 0.870. The molecule has 18 heavy (non-hydrogen) atoms. The molecule has 5 nitrogen and oxygen atoms in total. The van der Waals surface area contributed by atoms with Crippen LogP contribution in [-0.4, -0.2) is 20.6 Å². The molecule has 1 N–H and O–H groups in total. The molecule has 0 bridgehead atoms. The minimum Gasteiger partial charge on any atom is -0.486 e. The van der Waals surface area contributed by atoms with Gasteiger partial charge in [0, 0.05) is 19.4 Å². The average molecular weight is 246 g/mol. The third-order valence-electron chi connectivity index (χ3n) is 2.54. The van der Waals surface area contributed by atoms with Crippen molar-refractivity contribution < 1.29 is 14.6 Å². The molecule has 1 aromatic heterocycles. The van der Waals surface area contributed by atoms with Crippen molar-refractivity contribution in [1.29, 1.82) is 0 Å². The van der Waals surface area contributed by atoms with E-state index in [2.05, 4.69) is 4.98 Å². The Kier molecular flexibility index (Phi) is 3.62. The van der Waals surface area contributed by atoms with Crippen LogP contribution in [0.1, 0.15) is 11.4 Å². The molecule has 0 spiro atoms. The maximum atomic E-state index is 10.6. The van der Waals surface area contributed by atoms with Crippen LogP contribution in [0.25, 0.3) is 0 Å². The van der Waals surface area contributed by atoms with Crippen LogP contribution in [0.4, 0.5) is 0 Å². The molecule has 0 saturated carbocycles. The van der Waals surface area contributed by atoms with Crippen molar-refractivity contribution >= 4 is 5.97 Å². The number of benzene rings is 1. The van der Waals surface area contributed by atoms with Crippen molar-refractivity contribution in [3.8, 4) is 5.75 Å². The Balaban J connectivity index is 2.01. The topological polar surface area (TPSA) is 64.4 Å². The first-order valence-corrected chi connectivity index (χ1v) is 5.55. The van der Waals surface area contributed by atoms with E-state index in [1.165, 1.54) is 0 Å². The zero-order chi connectivity index (χ0) is 13.0. The second-order valence-corrected chi connectivity index (χ2v) is 3.96. The number of carbonyl (C=O) groups is 1. The summed E-state index contributed by atoms with van der Waals surface area (Å²) in [6.07, 6.45) is 3.55. The molecule has 5 heteroatoms. The molecule has 2 rings (SSSR count). The second kappa shape index (κ2) is 5.35. The fourth-order valence-electron chi connectivity index (χ4n) is 1.60. The highest BCUT2D eigenvalue weighted by Gasteiger charge is 2.04. The van der Waals surface area contributed by atoms with Gasteiger partial charge in [-0.2, -0.15) is 0 Å². The third-order valence-corrected chi connectivity index (χ3v) is 2.54. The molecule has 0 aliphatic carbocycles. The SMILES string of the molecule is Cn1ccnc1COc1cccc(CC(=O)O)c1. The number of aliphatic carboxylic acids is 1. The fraction of sp³-hybridized carbons (Fsp3) is 0.231. The number of hydrogen-bond acceptors (Lipinski definition) is 3. The number of carboxylic acids is 1. The highest BCUT2D eigenvalue weighted by atomic mass is 16.5. The van der Waals surface area contributed by atoms with Crippen LogP contribution in [0.3, 0.4) is 0 Å². The number of imidazole rings is 1. The monoisotopic (exact) mass is 246 g/mol. The van der Waals surface area contributed by atoms with Crippen LogP contribution in [-0.2, 0) is 24.9 Å². The summed E-state index contributed by atoms with van der Waals surface area (Å²) in [4.78, 5) is 14.8. The van der Waals surface area contributed by atoms with Crippen molar-refractivity contribution in [2.24, 2.45) is 7.05 Å². The second-order valence-electron chi connectivity index (χ2n) is 3.96. The highest BCUT2D eigenvalue weighted by molar-refractivity contribution is 5.70. The van der Waals surface area contributed by atoms with Gasteiger partial charge in [-0.1, -0.05) is 12.1 Å². The number of aryl methyl sites for hydroxylation is 1. The molecule has 0 unspecified atom stereocenters. The maximum Gasteiger partial charge on any atom is 0.307 e. The Morgan fingerprint density at radius 3 is 3.00 bits per heavy atom. The molecule has 0 aliphatic heterocycles. The minimum atomic E-state index is -0.851. The normalized spacial score (nSPS) is 10.3. The van der Waals surface area contributed by atoms with Crippen LogP contribution in [0.15, 0.2) is 36.7 Å². The molecule has 0 amide bonds. The predicted molar refractivity (Wildman–Crippen MR) is 65.3 cm³/mol. The number of rotatable bonds is 5.